The quantitative estimate of drug-likeness (QED) is 0.186. The summed E-state index contributed by atoms with van der Waals surface area (Å²) in [6.45, 7) is 8.32. The molecule has 0 N–H and O–H groups in total. The third-order valence-electron chi connectivity index (χ3n) is 9.32. The summed E-state index contributed by atoms with van der Waals surface area (Å²) in [4.78, 5) is 0. The van der Waals surface area contributed by atoms with Crippen molar-refractivity contribution in [3.63, 3.8) is 0 Å². The second-order valence-electron chi connectivity index (χ2n) is 11.9. The van der Waals surface area contributed by atoms with Crippen LogP contribution in [-0.4, -0.2) is 0 Å². The number of rotatable bonds is 4. The number of fused-ring (bicyclic) bond motifs is 4. The molecule has 47 heavy (non-hydrogen) atoms. The van der Waals surface area contributed by atoms with E-state index < -0.39 is 5.41 Å². The zero-order valence-electron chi connectivity index (χ0n) is 26.5. The van der Waals surface area contributed by atoms with Crippen LogP contribution in [0.3, 0.4) is 0 Å². The van der Waals surface area contributed by atoms with Crippen molar-refractivity contribution in [3.8, 4) is 33.4 Å². The highest BCUT2D eigenvalue weighted by Gasteiger charge is 2.46. The van der Waals surface area contributed by atoms with Crippen molar-refractivity contribution >= 4 is 10.8 Å². The molecular weight excluding hydrogens is 565 g/mol. The summed E-state index contributed by atoms with van der Waals surface area (Å²) in [6, 6.07) is 58.7. The fraction of sp³-hybridized carbons (Fsp3) is 0.149. The zero-order chi connectivity index (χ0) is 31.0. The van der Waals surface area contributed by atoms with Gasteiger partial charge in [0.15, 0.2) is 0 Å². The van der Waals surface area contributed by atoms with Gasteiger partial charge in [0.25, 0.3) is 0 Å². The molecule has 0 aliphatic heterocycles. The zero-order valence-corrected chi connectivity index (χ0v) is 26.5. The number of benzene rings is 7. The third kappa shape index (κ3) is 5.38. The van der Waals surface area contributed by atoms with Crippen LogP contribution in [0.5, 0.6) is 0 Å². The molecule has 0 saturated heterocycles. The van der Waals surface area contributed by atoms with E-state index in [9.17, 15) is 0 Å². The minimum absolute atomic E-state index is 0. The second-order valence-corrected chi connectivity index (χ2v) is 11.9. The van der Waals surface area contributed by atoms with E-state index in [-0.39, 0.29) is 14.9 Å². The van der Waals surface area contributed by atoms with Crippen LogP contribution in [0.2, 0.25) is 0 Å². The lowest BCUT2D eigenvalue weighted by Gasteiger charge is -2.34. The van der Waals surface area contributed by atoms with Crippen LogP contribution in [0.4, 0.5) is 0 Å². The van der Waals surface area contributed by atoms with E-state index in [2.05, 4.69) is 172 Å². The molecule has 7 aromatic carbocycles. The van der Waals surface area contributed by atoms with Gasteiger partial charge in [-0.05, 0) is 86.3 Å². The highest BCUT2D eigenvalue weighted by atomic mass is 14.5. The van der Waals surface area contributed by atoms with Crippen molar-refractivity contribution < 1.29 is 0 Å². The van der Waals surface area contributed by atoms with Gasteiger partial charge < -0.3 is 0 Å². The van der Waals surface area contributed by atoms with Crippen molar-refractivity contribution in [2.75, 3.05) is 0 Å². The van der Waals surface area contributed by atoms with E-state index >= 15 is 0 Å². The molecule has 0 fully saturated rings. The summed E-state index contributed by atoms with van der Waals surface area (Å²) in [6.07, 6.45) is 0. The van der Waals surface area contributed by atoms with Gasteiger partial charge in [-0.2, -0.15) is 0 Å². The first kappa shape index (κ1) is 33.2. The molecule has 1 aliphatic carbocycles. The maximum atomic E-state index is 2.48. The topological polar surface area (TPSA) is 0 Å². The summed E-state index contributed by atoms with van der Waals surface area (Å²) < 4.78 is 0. The lowest BCUT2D eigenvalue weighted by molar-refractivity contribution is 0.768. The van der Waals surface area contributed by atoms with Gasteiger partial charge in [0, 0.05) is 0 Å². The van der Waals surface area contributed by atoms with Gasteiger partial charge >= 0.3 is 0 Å². The summed E-state index contributed by atoms with van der Waals surface area (Å²) >= 11 is 0. The maximum Gasteiger partial charge on any atom is 0.0713 e. The molecule has 234 valence electrons. The molecule has 0 spiro atoms. The molecule has 8 rings (SSSR count). The molecule has 0 heteroatoms. The average Bonchev–Trinajstić information content (AvgIpc) is 3.40. The largest absolute Gasteiger partial charge is 0.0776 e. The predicted molar refractivity (Wildman–Crippen MR) is 206 cm³/mol. The van der Waals surface area contributed by atoms with Gasteiger partial charge in [0.2, 0.25) is 0 Å². The van der Waals surface area contributed by atoms with Crippen LogP contribution in [-0.2, 0) is 5.41 Å². The van der Waals surface area contributed by atoms with Gasteiger partial charge in [0.1, 0.15) is 0 Å². The Hall–Kier alpha value is -5.20. The van der Waals surface area contributed by atoms with Gasteiger partial charge in [-0.1, -0.05) is 191 Å². The second kappa shape index (κ2) is 13.7. The molecule has 0 aromatic heterocycles. The summed E-state index contributed by atoms with van der Waals surface area (Å²) in [5.41, 5.74) is 15.0. The van der Waals surface area contributed by atoms with Crippen molar-refractivity contribution in [2.45, 2.75) is 48.0 Å². The lowest BCUT2D eigenvalue weighted by Crippen LogP contribution is -2.28. The Morgan fingerprint density at radius 2 is 0.936 bits per heavy atom. The lowest BCUT2D eigenvalue weighted by atomic mass is 9.67. The van der Waals surface area contributed by atoms with Gasteiger partial charge in [-0.3, -0.25) is 0 Å². The smallest absolute Gasteiger partial charge is 0.0713 e. The van der Waals surface area contributed by atoms with E-state index in [0.29, 0.717) is 0 Å². The highest BCUT2D eigenvalue weighted by Crippen LogP contribution is 2.57. The molecular formula is C47H46. The van der Waals surface area contributed by atoms with E-state index in [0.717, 1.165) is 0 Å². The van der Waals surface area contributed by atoms with E-state index in [4.69, 9.17) is 0 Å². The molecule has 0 heterocycles. The molecule has 1 unspecified atom stereocenters. The first-order valence-electron chi connectivity index (χ1n) is 16.1. The summed E-state index contributed by atoms with van der Waals surface area (Å²) in [7, 11) is 0. The molecule has 0 amide bonds. The maximum absolute atomic E-state index is 2.48. The first-order chi connectivity index (χ1) is 22.1. The normalized spacial score (nSPS) is 14.1. The number of hydrogen-bond acceptors (Lipinski definition) is 0. The Labute approximate surface area is 282 Å². The van der Waals surface area contributed by atoms with Crippen molar-refractivity contribution in [1.29, 1.82) is 0 Å². The highest BCUT2D eigenvalue weighted by molar-refractivity contribution is 6.04. The number of hydrogen-bond donors (Lipinski definition) is 0. The predicted octanol–water partition coefficient (Wildman–Crippen LogP) is 13.5. The summed E-state index contributed by atoms with van der Waals surface area (Å²) in [5.74, 6) is 0. The molecule has 0 nitrogen and oxygen atoms in total. The molecule has 1 aliphatic rings. The van der Waals surface area contributed by atoms with Crippen LogP contribution < -0.4 is 0 Å². The monoisotopic (exact) mass is 610 g/mol. The Morgan fingerprint density at radius 1 is 0.404 bits per heavy atom. The molecule has 0 radical (unpaired) electrons. The third-order valence-corrected chi connectivity index (χ3v) is 9.32. The van der Waals surface area contributed by atoms with Crippen LogP contribution in [0.1, 0.15) is 62.1 Å². The minimum Gasteiger partial charge on any atom is -0.0776 e. The fourth-order valence-electron chi connectivity index (χ4n) is 7.27. The van der Waals surface area contributed by atoms with Crippen molar-refractivity contribution in [2.24, 2.45) is 0 Å². The Bertz CT molecular complexity index is 2120. The number of aryl methyl sites for hydroxylation is 2. The van der Waals surface area contributed by atoms with Crippen LogP contribution in [0.15, 0.2) is 158 Å². The van der Waals surface area contributed by atoms with E-state index in [1.165, 1.54) is 77.5 Å². The summed E-state index contributed by atoms with van der Waals surface area (Å²) in [5, 5.41) is 2.54. The van der Waals surface area contributed by atoms with Crippen LogP contribution in [0, 0.1) is 13.8 Å². The Balaban J connectivity index is 0.00000106. The first-order valence-corrected chi connectivity index (χ1v) is 16.1. The van der Waals surface area contributed by atoms with Crippen LogP contribution >= 0.6 is 0 Å². The standard InChI is InChI=1S/C43H32.C2H6.2CH4/c1-29-16-20-32(21-17-29)42-36-13-7-6-10-31(36)22-26-37(42)33-23-27-39-38-14-8-9-15-40(38)43(41(39)28-33,34-11-4-3-5-12-34)35-24-18-30(2)19-25-35;1-2;;/h3-28H,1-2H3;1-2H3;2*1H4. The fourth-order valence-corrected chi connectivity index (χ4v) is 7.27. The van der Waals surface area contributed by atoms with Crippen molar-refractivity contribution in [3.05, 3.63) is 191 Å². The van der Waals surface area contributed by atoms with Gasteiger partial charge in [-0.25, -0.2) is 0 Å². The van der Waals surface area contributed by atoms with Crippen LogP contribution in [0.25, 0.3) is 44.2 Å². The van der Waals surface area contributed by atoms with Crippen molar-refractivity contribution in [1.82, 2.24) is 0 Å². The Kier molecular flexibility index (Phi) is 9.64. The van der Waals surface area contributed by atoms with E-state index in [1.54, 1.807) is 0 Å². The molecule has 0 bridgehead atoms. The Morgan fingerprint density at radius 3 is 1.66 bits per heavy atom. The molecule has 1 atom stereocenters. The SMILES string of the molecule is C.C.CC.Cc1ccc(-c2c(-c3ccc4c(c3)C(c3ccccc3)(c3ccc(C)cc3)c3ccccc3-4)ccc3ccccc23)cc1. The average molecular weight is 611 g/mol. The molecule has 0 saturated carbocycles. The van der Waals surface area contributed by atoms with E-state index in [1.807, 2.05) is 13.8 Å². The van der Waals surface area contributed by atoms with Gasteiger partial charge in [-0.15, -0.1) is 0 Å². The molecule has 7 aromatic rings. The minimum atomic E-state index is -0.419. The van der Waals surface area contributed by atoms with Gasteiger partial charge in [0.05, 0.1) is 5.41 Å².